The van der Waals surface area contributed by atoms with Crippen LogP contribution >= 0.6 is 0 Å². The third kappa shape index (κ3) is 3.67. The maximum Gasteiger partial charge on any atom is 0.261 e. The van der Waals surface area contributed by atoms with Gasteiger partial charge in [0.15, 0.2) is 5.78 Å². The summed E-state index contributed by atoms with van der Waals surface area (Å²) in [6.07, 6.45) is 0. The second-order valence-electron chi connectivity index (χ2n) is 4.79. The first-order valence-corrected chi connectivity index (χ1v) is 7.95. The van der Waals surface area contributed by atoms with Gasteiger partial charge in [0.1, 0.15) is 5.75 Å². The lowest BCUT2D eigenvalue weighted by Crippen LogP contribution is -2.16. The summed E-state index contributed by atoms with van der Waals surface area (Å²) in [6.45, 7) is 1.37. The molecule has 0 fully saturated rings. The maximum atomic E-state index is 12.3. The van der Waals surface area contributed by atoms with E-state index in [9.17, 15) is 23.1 Å². The molecule has 0 aliphatic heterocycles. The van der Waals surface area contributed by atoms with E-state index in [0.29, 0.717) is 5.56 Å². The lowest BCUT2D eigenvalue weighted by atomic mass is 10.1. The Kier molecular flexibility index (Phi) is 4.37. The van der Waals surface area contributed by atoms with Crippen LogP contribution in [0.2, 0.25) is 0 Å². The van der Waals surface area contributed by atoms with Gasteiger partial charge in [-0.15, -0.1) is 0 Å². The number of nitrogens with two attached hydrogens (primary N) is 1. The Morgan fingerprint density at radius 2 is 1.83 bits per heavy atom. The van der Waals surface area contributed by atoms with E-state index in [1.54, 1.807) is 12.1 Å². The molecule has 0 spiro atoms. The zero-order valence-electron chi connectivity index (χ0n) is 12.1. The Balaban J connectivity index is 2.40. The van der Waals surface area contributed by atoms with E-state index in [2.05, 4.69) is 4.72 Å². The summed E-state index contributed by atoms with van der Waals surface area (Å²) < 4.78 is 27.0. The molecule has 0 aliphatic rings. The van der Waals surface area contributed by atoms with E-state index in [1.807, 2.05) is 0 Å². The van der Waals surface area contributed by atoms with Crippen LogP contribution in [0.25, 0.3) is 0 Å². The number of phenols is 1. The smallest absolute Gasteiger partial charge is 0.261 e. The normalized spacial score (nSPS) is 11.0. The van der Waals surface area contributed by atoms with Crippen molar-refractivity contribution < 1.29 is 23.1 Å². The van der Waals surface area contributed by atoms with Gasteiger partial charge in [0.05, 0.1) is 10.5 Å². The molecule has 1 amide bonds. The molecule has 0 aliphatic carbocycles. The molecule has 0 bridgehead atoms. The molecule has 8 heteroatoms. The number of Topliss-reactive ketones (excluding diaryl/α,β-unsaturated/α-hetero) is 1. The van der Waals surface area contributed by atoms with Crippen LogP contribution in [0.4, 0.5) is 5.69 Å². The van der Waals surface area contributed by atoms with Gasteiger partial charge in [-0.3, -0.25) is 14.3 Å². The number of hydrogen-bond donors (Lipinski definition) is 3. The Morgan fingerprint density at radius 1 is 1.13 bits per heavy atom. The number of nitrogens with one attached hydrogen (secondary N) is 1. The fraction of sp³-hybridized carbons (Fsp3) is 0.0667. The molecule has 0 unspecified atom stereocenters. The van der Waals surface area contributed by atoms with Gasteiger partial charge in [-0.1, -0.05) is 12.1 Å². The summed E-state index contributed by atoms with van der Waals surface area (Å²) in [5, 5.41) is 9.50. The number of anilines is 1. The van der Waals surface area contributed by atoms with Crippen LogP contribution in [-0.2, 0) is 10.0 Å². The Bertz CT molecular complexity index is 890. The van der Waals surface area contributed by atoms with Crippen molar-refractivity contribution in [3.8, 4) is 5.75 Å². The minimum absolute atomic E-state index is 0.200. The zero-order chi connectivity index (χ0) is 17.2. The average molecular weight is 334 g/mol. The van der Waals surface area contributed by atoms with Crippen molar-refractivity contribution in [2.24, 2.45) is 5.73 Å². The van der Waals surface area contributed by atoms with Crippen molar-refractivity contribution in [1.29, 1.82) is 0 Å². The first kappa shape index (κ1) is 16.5. The van der Waals surface area contributed by atoms with Crippen LogP contribution < -0.4 is 10.5 Å². The predicted octanol–water partition coefficient (Wildman–Crippen LogP) is 1.49. The number of carbonyl (C=O) groups excluding carboxylic acids is 2. The number of hydrogen-bond acceptors (Lipinski definition) is 5. The summed E-state index contributed by atoms with van der Waals surface area (Å²) >= 11 is 0. The Morgan fingerprint density at radius 3 is 2.43 bits per heavy atom. The van der Waals surface area contributed by atoms with Crippen molar-refractivity contribution >= 4 is 27.4 Å². The van der Waals surface area contributed by atoms with E-state index >= 15 is 0 Å². The molecular formula is C15H14N2O5S. The van der Waals surface area contributed by atoms with Gasteiger partial charge in [0, 0.05) is 11.3 Å². The highest BCUT2D eigenvalue weighted by Gasteiger charge is 2.18. The van der Waals surface area contributed by atoms with Crippen molar-refractivity contribution in [3.63, 3.8) is 0 Å². The van der Waals surface area contributed by atoms with Crippen molar-refractivity contribution in [2.75, 3.05) is 4.72 Å². The van der Waals surface area contributed by atoms with Gasteiger partial charge in [-0.2, -0.15) is 0 Å². The van der Waals surface area contributed by atoms with Crippen LogP contribution in [0, 0.1) is 0 Å². The molecular weight excluding hydrogens is 320 g/mol. The standard InChI is InChI=1S/C15H14N2O5S/c1-9(18)10-3-2-4-11(7-10)17-23(21,22)12-5-6-14(19)13(8-12)15(16)20/h2-8,17,19H,1H3,(H2,16,20). The number of aromatic hydroxyl groups is 1. The summed E-state index contributed by atoms with van der Waals surface area (Å²) in [7, 11) is -4.01. The van der Waals surface area contributed by atoms with E-state index in [1.165, 1.54) is 19.1 Å². The van der Waals surface area contributed by atoms with E-state index in [0.717, 1.165) is 18.2 Å². The number of ketones is 1. The fourth-order valence-corrected chi connectivity index (χ4v) is 2.97. The highest BCUT2D eigenvalue weighted by Crippen LogP contribution is 2.23. The number of rotatable bonds is 5. The summed E-state index contributed by atoms with van der Waals surface area (Å²) in [6, 6.07) is 9.18. The lowest BCUT2D eigenvalue weighted by Gasteiger charge is -2.10. The van der Waals surface area contributed by atoms with Gasteiger partial charge in [-0.25, -0.2) is 8.42 Å². The van der Waals surface area contributed by atoms with Gasteiger partial charge in [0.25, 0.3) is 15.9 Å². The molecule has 0 saturated heterocycles. The quantitative estimate of drug-likeness (QED) is 0.714. The molecule has 0 radical (unpaired) electrons. The molecule has 0 aromatic heterocycles. The molecule has 0 atom stereocenters. The van der Waals surface area contributed by atoms with Crippen molar-refractivity contribution in [3.05, 3.63) is 53.6 Å². The first-order valence-electron chi connectivity index (χ1n) is 6.47. The van der Waals surface area contributed by atoms with Crippen molar-refractivity contribution in [2.45, 2.75) is 11.8 Å². The molecule has 0 saturated carbocycles. The molecule has 120 valence electrons. The van der Waals surface area contributed by atoms with E-state index in [4.69, 9.17) is 5.73 Å². The molecule has 2 rings (SSSR count). The number of carbonyl (C=O) groups is 2. The minimum Gasteiger partial charge on any atom is -0.507 e. The van der Waals surface area contributed by atoms with Crippen LogP contribution in [0.1, 0.15) is 27.6 Å². The molecule has 0 heterocycles. The van der Waals surface area contributed by atoms with Gasteiger partial charge in [0.2, 0.25) is 0 Å². The van der Waals surface area contributed by atoms with Gasteiger partial charge < -0.3 is 10.8 Å². The number of amides is 1. The van der Waals surface area contributed by atoms with Crippen LogP contribution in [-0.4, -0.2) is 25.2 Å². The number of benzene rings is 2. The van der Waals surface area contributed by atoms with Crippen LogP contribution in [0.15, 0.2) is 47.4 Å². The Hall–Kier alpha value is -2.87. The molecule has 2 aromatic rings. The molecule has 2 aromatic carbocycles. The Labute approximate surface area is 132 Å². The first-order chi connectivity index (χ1) is 10.7. The third-order valence-corrected chi connectivity index (χ3v) is 4.44. The second-order valence-corrected chi connectivity index (χ2v) is 6.47. The number of sulfonamides is 1. The summed E-state index contributed by atoms with van der Waals surface area (Å²) in [4.78, 5) is 22.3. The lowest BCUT2D eigenvalue weighted by molar-refractivity contribution is 0.0993. The SMILES string of the molecule is CC(=O)c1cccc(NS(=O)(=O)c2ccc(O)c(C(N)=O)c2)c1. The summed E-state index contributed by atoms with van der Waals surface area (Å²) in [5.74, 6) is -1.56. The summed E-state index contributed by atoms with van der Waals surface area (Å²) in [5.41, 5.74) is 5.34. The van der Waals surface area contributed by atoms with Crippen LogP contribution in [0.3, 0.4) is 0 Å². The maximum absolute atomic E-state index is 12.3. The fourth-order valence-electron chi connectivity index (χ4n) is 1.90. The highest BCUT2D eigenvalue weighted by molar-refractivity contribution is 7.92. The molecule has 4 N–H and O–H groups in total. The zero-order valence-corrected chi connectivity index (χ0v) is 12.9. The van der Waals surface area contributed by atoms with Gasteiger partial charge >= 0.3 is 0 Å². The van der Waals surface area contributed by atoms with E-state index in [-0.39, 0.29) is 21.9 Å². The number of primary amides is 1. The van der Waals surface area contributed by atoms with Gasteiger partial charge in [-0.05, 0) is 37.3 Å². The predicted molar refractivity (Wildman–Crippen MR) is 83.9 cm³/mol. The third-order valence-electron chi connectivity index (χ3n) is 3.07. The van der Waals surface area contributed by atoms with Crippen LogP contribution in [0.5, 0.6) is 5.75 Å². The molecule has 23 heavy (non-hydrogen) atoms. The van der Waals surface area contributed by atoms with Crippen molar-refractivity contribution in [1.82, 2.24) is 0 Å². The highest BCUT2D eigenvalue weighted by atomic mass is 32.2. The second kappa shape index (κ2) is 6.09. The largest absolute Gasteiger partial charge is 0.507 e. The molecule has 7 nitrogen and oxygen atoms in total. The van der Waals surface area contributed by atoms with E-state index < -0.39 is 21.7 Å². The monoisotopic (exact) mass is 334 g/mol. The average Bonchev–Trinajstić information content (AvgIpc) is 2.46. The topological polar surface area (TPSA) is 127 Å². The minimum atomic E-state index is -4.01.